The van der Waals surface area contributed by atoms with E-state index in [4.69, 9.17) is 4.74 Å². The zero-order chi connectivity index (χ0) is 21.7. The number of ether oxygens (including phenoxy) is 1. The first-order valence-corrected chi connectivity index (χ1v) is 9.99. The fraction of sp³-hybridized carbons (Fsp3) is 0.292. The molecule has 30 heavy (non-hydrogen) atoms. The molecule has 2 aromatic carbocycles. The minimum atomic E-state index is -0.952. The molecule has 2 N–H and O–H groups in total. The number of rotatable bonds is 9. The standard InChI is InChI=1S/C24H27FN2O3/c1-4-30-21-10-8-18(9-11-21)13-26-14-22-16(2)27(17(3)23(22)24(28)29)15-19-6-5-7-20(25)12-19/h5-12,26H,4,13-15H2,1-3H3,(H,28,29). The molecule has 0 aliphatic rings. The van der Waals surface area contributed by atoms with Gasteiger partial charge in [0.25, 0.3) is 0 Å². The van der Waals surface area contributed by atoms with Crippen molar-refractivity contribution < 1.29 is 19.0 Å². The number of carbonyl (C=O) groups is 1. The average molecular weight is 410 g/mol. The molecule has 1 aromatic heterocycles. The van der Waals surface area contributed by atoms with E-state index in [-0.39, 0.29) is 5.82 Å². The molecule has 0 spiro atoms. The van der Waals surface area contributed by atoms with Crippen molar-refractivity contribution in [2.45, 2.75) is 40.4 Å². The maximum Gasteiger partial charge on any atom is 0.337 e. The predicted molar refractivity (Wildman–Crippen MR) is 115 cm³/mol. The molecule has 0 atom stereocenters. The average Bonchev–Trinajstić information content (AvgIpc) is 2.94. The van der Waals surface area contributed by atoms with Gasteiger partial charge in [-0.05, 0) is 56.2 Å². The molecular weight excluding hydrogens is 383 g/mol. The Morgan fingerprint density at radius 1 is 1.07 bits per heavy atom. The molecule has 0 bridgehead atoms. The molecule has 0 fully saturated rings. The largest absolute Gasteiger partial charge is 0.494 e. The first-order valence-electron chi connectivity index (χ1n) is 9.99. The second kappa shape index (κ2) is 9.59. The topological polar surface area (TPSA) is 63.5 Å². The van der Waals surface area contributed by atoms with Crippen LogP contribution < -0.4 is 10.1 Å². The molecule has 6 heteroatoms. The van der Waals surface area contributed by atoms with Gasteiger partial charge in [-0.15, -0.1) is 0 Å². The van der Waals surface area contributed by atoms with Gasteiger partial charge < -0.3 is 19.7 Å². The van der Waals surface area contributed by atoms with Crippen molar-refractivity contribution in [1.82, 2.24) is 9.88 Å². The summed E-state index contributed by atoms with van der Waals surface area (Å²) in [4.78, 5) is 11.9. The molecule has 0 amide bonds. The Hall–Kier alpha value is -3.12. The highest BCUT2D eigenvalue weighted by atomic mass is 19.1. The van der Waals surface area contributed by atoms with E-state index in [1.54, 1.807) is 13.0 Å². The van der Waals surface area contributed by atoms with Crippen LogP contribution in [0.5, 0.6) is 5.75 Å². The Bertz CT molecular complexity index is 1030. The number of hydrogen-bond acceptors (Lipinski definition) is 3. The highest BCUT2D eigenvalue weighted by molar-refractivity contribution is 5.91. The maximum absolute atomic E-state index is 13.6. The van der Waals surface area contributed by atoms with E-state index in [9.17, 15) is 14.3 Å². The fourth-order valence-electron chi connectivity index (χ4n) is 3.71. The number of carboxylic acids is 1. The first-order chi connectivity index (χ1) is 14.4. The van der Waals surface area contributed by atoms with E-state index >= 15 is 0 Å². The maximum atomic E-state index is 13.6. The summed E-state index contributed by atoms with van der Waals surface area (Å²) in [5.41, 5.74) is 4.48. The number of benzene rings is 2. The molecule has 0 aliphatic heterocycles. The van der Waals surface area contributed by atoms with E-state index in [0.29, 0.717) is 37.5 Å². The minimum Gasteiger partial charge on any atom is -0.494 e. The summed E-state index contributed by atoms with van der Waals surface area (Å²) in [6, 6.07) is 14.2. The predicted octanol–water partition coefficient (Wildman–Crippen LogP) is 4.68. The third-order valence-corrected chi connectivity index (χ3v) is 5.22. The van der Waals surface area contributed by atoms with Crippen LogP contribution in [0.2, 0.25) is 0 Å². The van der Waals surface area contributed by atoms with Gasteiger partial charge in [-0.25, -0.2) is 9.18 Å². The Morgan fingerprint density at radius 3 is 2.43 bits per heavy atom. The number of aromatic carboxylic acids is 1. The summed E-state index contributed by atoms with van der Waals surface area (Å²) in [5.74, 6) is -0.424. The molecular formula is C24H27FN2O3. The van der Waals surface area contributed by atoms with Crippen molar-refractivity contribution in [2.24, 2.45) is 0 Å². The van der Waals surface area contributed by atoms with Gasteiger partial charge in [0.15, 0.2) is 0 Å². The second-order valence-electron chi connectivity index (χ2n) is 7.23. The van der Waals surface area contributed by atoms with Gasteiger partial charge in [0, 0.05) is 36.6 Å². The summed E-state index contributed by atoms with van der Waals surface area (Å²) in [7, 11) is 0. The highest BCUT2D eigenvalue weighted by Gasteiger charge is 2.22. The number of nitrogens with zero attached hydrogens (tertiary/aromatic N) is 1. The minimum absolute atomic E-state index is 0.300. The normalized spacial score (nSPS) is 10.9. The van der Waals surface area contributed by atoms with Crippen LogP contribution >= 0.6 is 0 Å². The van der Waals surface area contributed by atoms with Crippen LogP contribution in [0.4, 0.5) is 4.39 Å². The van der Waals surface area contributed by atoms with Gasteiger partial charge in [0.05, 0.1) is 12.2 Å². The molecule has 5 nitrogen and oxygen atoms in total. The van der Waals surface area contributed by atoms with Crippen LogP contribution in [0.15, 0.2) is 48.5 Å². The quantitative estimate of drug-likeness (QED) is 0.538. The summed E-state index contributed by atoms with van der Waals surface area (Å²) < 4.78 is 20.9. The van der Waals surface area contributed by atoms with E-state index in [2.05, 4.69) is 5.32 Å². The van der Waals surface area contributed by atoms with Crippen LogP contribution in [-0.2, 0) is 19.6 Å². The molecule has 0 aliphatic carbocycles. The summed E-state index contributed by atoms with van der Waals surface area (Å²) in [5, 5.41) is 13.1. The lowest BCUT2D eigenvalue weighted by Crippen LogP contribution is -2.15. The van der Waals surface area contributed by atoms with Crippen LogP contribution in [-0.4, -0.2) is 22.2 Å². The third-order valence-electron chi connectivity index (χ3n) is 5.22. The Balaban J connectivity index is 1.77. The molecule has 3 aromatic rings. The third kappa shape index (κ3) is 4.89. The SMILES string of the molecule is CCOc1ccc(CNCc2c(C(=O)O)c(C)n(Cc3cccc(F)c3)c2C)cc1. The van der Waals surface area contributed by atoms with Gasteiger partial charge in [-0.1, -0.05) is 24.3 Å². The first kappa shape index (κ1) is 21.6. The Labute approximate surface area is 176 Å². The van der Waals surface area contributed by atoms with Crippen molar-refractivity contribution in [2.75, 3.05) is 6.61 Å². The number of aromatic nitrogens is 1. The Morgan fingerprint density at radius 2 is 1.80 bits per heavy atom. The van der Waals surface area contributed by atoms with E-state index in [1.165, 1.54) is 12.1 Å². The lowest BCUT2D eigenvalue weighted by atomic mass is 10.1. The van der Waals surface area contributed by atoms with Crippen molar-refractivity contribution >= 4 is 5.97 Å². The molecule has 1 heterocycles. The fourth-order valence-corrected chi connectivity index (χ4v) is 3.71. The number of halogens is 1. The van der Waals surface area contributed by atoms with Crippen molar-refractivity contribution in [3.8, 4) is 5.75 Å². The summed E-state index contributed by atoms with van der Waals surface area (Å²) in [6.07, 6.45) is 0. The van der Waals surface area contributed by atoms with Crippen molar-refractivity contribution in [3.63, 3.8) is 0 Å². The monoisotopic (exact) mass is 410 g/mol. The number of nitrogens with one attached hydrogen (secondary N) is 1. The van der Waals surface area contributed by atoms with E-state index < -0.39 is 5.97 Å². The zero-order valence-electron chi connectivity index (χ0n) is 17.5. The van der Waals surface area contributed by atoms with Gasteiger partial charge in [0.2, 0.25) is 0 Å². The molecule has 0 radical (unpaired) electrons. The van der Waals surface area contributed by atoms with Gasteiger partial charge in [-0.2, -0.15) is 0 Å². The smallest absolute Gasteiger partial charge is 0.337 e. The van der Waals surface area contributed by atoms with Gasteiger partial charge >= 0.3 is 5.97 Å². The van der Waals surface area contributed by atoms with Crippen LogP contribution in [0.25, 0.3) is 0 Å². The van der Waals surface area contributed by atoms with Crippen LogP contribution in [0.1, 0.15) is 45.4 Å². The molecule has 0 unspecified atom stereocenters. The molecule has 158 valence electrons. The molecule has 0 saturated carbocycles. The molecule has 3 rings (SSSR count). The van der Waals surface area contributed by atoms with E-state index in [1.807, 2.05) is 48.7 Å². The lowest BCUT2D eigenvalue weighted by Gasteiger charge is -2.11. The molecule has 0 saturated heterocycles. The van der Waals surface area contributed by atoms with Crippen LogP contribution in [0, 0.1) is 19.7 Å². The second-order valence-corrected chi connectivity index (χ2v) is 7.23. The highest BCUT2D eigenvalue weighted by Crippen LogP contribution is 2.24. The summed E-state index contributed by atoms with van der Waals surface area (Å²) in [6.45, 7) is 7.74. The Kier molecular flexibility index (Phi) is 6.90. The van der Waals surface area contributed by atoms with E-state index in [0.717, 1.165) is 28.1 Å². The van der Waals surface area contributed by atoms with Crippen molar-refractivity contribution in [3.05, 3.63) is 88.0 Å². The number of hydrogen-bond donors (Lipinski definition) is 2. The lowest BCUT2D eigenvalue weighted by molar-refractivity contribution is 0.0694. The van der Waals surface area contributed by atoms with Gasteiger partial charge in [-0.3, -0.25) is 0 Å². The van der Waals surface area contributed by atoms with Gasteiger partial charge in [0.1, 0.15) is 11.6 Å². The number of carboxylic acid groups (broad SMARTS) is 1. The van der Waals surface area contributed by atoms with Crippen LogP contribution in [0.3, 0.4) is 0 Å². The van der Waals surface area contributed by atoms with Crippen molar-refractivity contribution in [1.29, 1.82) is 0 Å². The zero-order valence-corrected chi connectivity index (χ0v) is 17.5. The summed E-state index contributed by atoms with van der Waals surface area (Å²) >= 11 is 0.